The van der Waals surface area contributed by atoms with Crippen molar-refractivity contribution in [3.05, 3.63) is 23.7 Å². The zero-order chi connectivity index (χ0) is 11.8. The highest BCUT2D eigenvalue weighted by Gasteiger charge is 2.03. The molecule has 0 bridgehead atoms. The van der Waals surface area contributed by atoms with Crippen LogP contribution < -0.4 is 5.32 Å². The van der Waals surface area contributed by atoms with Gasteiger partial charge in [-0.1, -0.05) is 32.6 Å². The summed E-state index contributed by atoms with van der Waals surface area (Å²) in [5.74, 6) is 2.03. The Kier molecular flexibility index (Phi) is 6.24. The standard InChI is InChI=1S/C14H25NO/c1-4-5-6-7-8-12(2)15-11-14-10-9-13(3)16-14/h9-10,12,15H,4-8,11H2,1-3H3. The summed E-state index contributed by atoms with van der Waals surface area (Å²) in [5, 5.41) is 3.50. The lowest BCUT2D eigenvalue weighted by atomic mass is 10.1. The summed E-state index contributed by atoms with van der Waals surface area (Å²) in [4.78, 5) is 0. The van der Waals surface area contributed by atoms with E-state index in [1.165, 1.54) is 32.1 Å². The third-order valence-electron chi connectivity index (χ3n) is 2.91. The normalized spacial score (nSPS) is 12.9. The Labute approximate surface area is 99.4 Å². The van der Waals surface area contributed by atoms with Crippen molar-refractivity contribution in [3.8, 4) is 0 Å². The molecule has 0 aromatic carbocycles. The van der Waals surface area contributed by atoms with E-state index in [4.69, 9.17) is 4.42 Å². The lowest BCUT2D eigenvalue weighted by Gasteiger charge is -2.12. The summed E-state index contributed by atoms with van der Waals surface area (Å²) in [6.45, 7) is 7.34. The maximum absolute atomic E-state index is 5.51. The zero-order valence-electron chi connectivity index (χ0n) is 10.9. The van der Waals surface area contributed by atoms with E-state index < -0.39 is 0 Å². The fourth-order valence-electron chi connectivity index (χ4n) is 1.83. The highest BCUT2D eigenvalue weighted by molar-refractivity contribution is 5.05. The predicted molar refractivity (Wildman–Crippen MR) is 68.5 cm³/mol. The van der Waals surface area contributed by atoms with Crippen molar-refractivity contribution < 1.29 is 4.42 Å². The van der Waals surface area contributed by atoms with Crippen LogP contribution in [0.2, 0.25) is 0 Å². The van der Waals surface area contributed by atoms with Crippen molar-refractivity contribution in [2.24, 2.45) is 0 Å². The Morgan fingerprint density at radius 1 is 1.25 bits per heavy atom. The third kappa shape index (κ3) is 5.36. The van der Waals surface area contributed by atoms with E-state index in [9.17, 15) is 0 Å². The fraction of sp³-hybridized carbons (Fsp3) is 0.714. The number of aryl methyl sites for hydroxylation is 1. The Morgan fingerprint density at radius 2 is 2.06 bits per heavy atom. The van der Waals surface area contributed by atoms with Gasteiger partial charge in [-0.05, 0) is 32.4 Å². The molecule has 1 heterocycles. The second kappa shape index (κ2) is 7.50. The van der Waals surface area contributed by atoms with E-state index in [0.717, 1.165) is 18.1 Å². The Balaban J connectivity index is 2.08. The quantitative estimate of drug-likeness (QED) is 0.673. The van der Waals surface area contributed by atoms with Gasteiger partial charge in [-0.3, -0.25) is 0 Å². The van der Waals surface area contributed by atoms with Crippen LogP contribution in [-0.2, 0) is 6.54 Å². The summed E-state index contributed by atoms with van der Waals surface area (Å²) in [6, 6.07) is 4.65. The van der Waals surface area contributed by atoms with E-state index in [1.54, 1.807) is 0 Å². The van der Waals surface area contributed by atoms with Crippen LogP contribution in [0.1, 0.15) is 57.5 Å². The van der Waals surface area contributed by atoms with Crippen LogP contribution >= 0.6 is 0 Å². The van der Waals surface area contributed by atoms with E-state index in [1.807, 2.05) is 19.1 Å². The van der Waals surface area contributed by atoms with Crippen molar-refractivity contribution >= 4 is 0 Å². The van der Waals surface area contributed by atoms with E-state index in [-0.39, 0.29) is 0 Å². The van der Waals surface area contributed by atoms with Crippen molar-refractivity contribution in [2.45, 2.75) is 65.5 Å². The molecule has 1 rings (SSSR count). The van der Waals surface area contributed by atoms with Gasteiger partial charge in [0, 0.05) is 6.04 Å². The molecule has 0 aliphatic rings. The van der Waals surface area contributed by atoms with Crippen LogP contribution in [0.5, 0.6) is 0 Å². The molecule has 0 amide bonds. The second-order valence-corrected chi connectivity index (χ2v) is 4.64. The number of nitrogens with one attached hydrogen (secondary N) is 1. The molecule has 1 atom stereocenters. The van der Waals surface area contributed by atoms with Gasteiger partial charge >= 0.3 is 0 Å². The van der Waals surface area contributed by atoms with Crippen LogP contribution in [-0.4, -0.2) is 6.04 Å². The van der Waals surface area contributed by atoms with Gasteiger partial charge in [0.1, 0.15) is 11.5 Å². The largest absolute Gasteiger partial charge is 0.465 e. The van der Waals surface area contributed by atoms with Gasteiger partial charge in [0.2, 0.25) is 0 Å². The summed E-state index contributed by atoms with van der Waals surface area (Å²) >= 11 is 0. The molecule has 0 aliphatic carbocycles. The molecular weight excluding hydrogens is 198 g/mol. The molecule has 1 aromatic heterocycles. The monoisotopic (exact) mass is 223 g/mol. The average Bonchev–Trinajstić information content (AvgIpc) is 2.68. The number of hydrogen-bond donors (Lipinski definition) is 1. The topological polar surface area (TPSA) is 25.2 Å². The molecule has 0 aliphatic heterocycles. The molecule has 1 N–H and O–H groups in total. The molecule has 2 nitrogen and oxygen atoms in total. The van der Waals surface area contributed by atoms with Crippen LogP contribution in [0.3, 0.4) is 0 Å². The van der Waals surface area contributed by atoms with E-state index in [2.05, 4.69) is 19.2 Å². The summed E-state index contributed by atoms with van der Waals surface area (Å²) < 4.78 is 5.51. The maximum Gasteiger partial charge on any atom is 0.117 e. The highest BCUT2D eigenvalue weighted by atomic mass is 16.3. The molecular formula is C14H25NO. The predicted octanol–water partition coefficient (Wildman–Crippen LogP) is 4.04. The van der Waals surface area contributed by atoms with Crippen molar-refractivity contribution in [1.82, 2.24) is 5.32 Å². The highest BCUT2D eigenvalue weighted by Crippen LogP contribution is 2.08. The molecule has 0 saturated heterocycles. The number of furan rings is 1. The molecule has 0 radical (unpaired) electrons. The first-order valence-electron chi connectivity index (χ1n) is 6.51. The first kappa shape index (κ1) is 13.3. The van der Waals surface area contributed by atoms with E-state index in [0.29, 0.717) is 6.04 Å². The van der Waals surface area contributed by atoms with Gasteiger partial charge < -0.3 is 9.73 Å². The van der Waals surface area contributed by atoms with Crippen LogP contribution in [0.4, 0.5) is 0 Å². The number of rotatable bonds is 8. The van der Waals surface area contributed by atoms with Crippen molar-refractivity contribution in [2.75, 3.05) is 0 Å². The van der Waals surface area contributed by atoms with Gasteiger partial charge in [-0.25, -0.2) is 0 Å². The molecule has 1 aromatic rings. The molecule has 16 heavy (non-hydrogen) atoms. The van der Waals surface area contributed by atoms with Crippen LogP contribution in [0.25, 0.3) is 0 Å². The van der Waals surface area contributed by atoms with Crippen molar-refractivity contribution in [3.63, 3.8) is 0 Å². The van der Waals surface area contributed by atoms with Gasteiger partial charge in [0.15, 0.2) is 0 Å². The smallest absolute Gasteiger partial charge is 0.117 e. The molecule has 92 valence electrons. The minimum absolute atomic E-state index is 0.585. The lowest BCUT2D eigenvalue weighted by molar-refractivity contribution is 0.423. The van der Waals surface area contributed by atoms with Crippen LogP contribution in [0, 0.1) is 6.92 Å². The van der Waals surface area contributed by atoms with Gasteiger partial charge in [-0.15, -0.1) is 0 Å². The number of unbranched alkanes of at least 4 members (excludes halogenated alkanes) is 3. The van der Waals surface area contributed by atoms with Gasteiger partial charge in [-0.2, -0.15) is 0 Å². The summed E-state index contributed by atoms with van der Waals surface area (Å²) in [7, 11) is 0. The minimum atomic E-state index is 0.585. The maximum atomic E-state index is 5.51. The zero-order valence-corrected chi connectivity index (χ0v) is 10.9. The first-order valence-corrected chi connectivity index (χ1v) is 6.51. The SMILES string of the molecule is CCCCCCC(C)NCc1ccc(C)o1. The Bertz CT molecular complexity index is 280. The average molecular weight is 223 g/mol. The fourth-order valence-corrected chi connectivity index (χ4v) is 1.83. The Hall–Kier alpha value is -0.760. The molecule has 0 spiro atoms. The first-order chi connectivity index (χ1) is 7.72. The molecule has 0 saturated carbocycles. The lowest BCUT2D eigenvalue weighted by Crippen LogP contribution is -2.25. The van der Waals surface area contributed by atoms with Gasteiger partial charge in [0.05, 0.1) is 6.54 Å². The molecule has 2 heteroatoms. The second-order valence-electron chi connectivity index (χ2n) is 4.64. The molecule has 0 fully saturated rings. The Morgan fingerprint density at radius 3 is 2.69 bits per heavy atom. The van der Waals surface area contributed by atoms with Gasteiger partial charge in [0.25, 0.3) is 0 Å². The van der Waals surface area contributed by atoms with E-state index >= 15 is 0 Å². The number of hydrogen-bond acceptors (Lipinski definition) is 2. The third-order valence-corrected chi connectivity index (χ3v) is 2.91. The molecule has 1 unspecified atom stereocenters. The minimum Gasteiger partial charge on any atom is -0.465 e. The van der Waals surface area contributed by atoms with Crippen LogP contribution in [0.15, 0.2) is 16.5 Å². The summed E-state index contributed by atoms with van der Waals surface area (Å²) in [6.07, 6.45) is 6.64. The summed E-state index contributed by atoms with van der Waals surface area (Å²) in [5.41, 5.74) is 0. The van der Waals surface area contributed by atoms with Crippen molar-refractivity contribution in [1.29, 1.82) is 0 Å².